The van der Waals surface area contributed by atoms with Crippen molar-refractivity contribution in [2.45, 2.75) is 26.7 Å². The predicted molar refractivity (Wildman–Crippen MR) is 86.1 cm³/mol. The number of piperidine rings is 1. The number of hydrogen-bond acceptors (Lipinski definition) is 3. The minimum absolute atomic E-state index is 0.209. The summed E-state index contributed by atoms with van der Waals surface area (Å²) in [6.07, 6.45) is 1.56. The Morgan fingerprint density at radius 3 is 2.95 bits per heavy atom. The SMILES string of the molecule is CCOC(=O)C1CCCN(C(=O)Nc2cc(Cl)ccc2C)C1. The van der Waals surface area contributed by atoms with Crippen molar-refractivity contribution in [3.05, 3.63) is 28.8 Å². The van der Waals surface area contributed by atoms with Gasteiger partial charge in [0.05, 0.1) is 12.5 Å². The van der Waals surface area contributed by atoms with Gasteiger partial charge in [-0.25, -0.2) is 4.79 Å². The number of nitrogens with one attached hydrogen (secondary N) is 1. The summed E-state index contributed by atoms with van der Waals surface area (Å²) in [5.74, 6) is -0.459. The van der Waals surface area contributed by atoms with Crippen LogP contribution < -0.4 is 5.32 Å². The van der Waals surface area contributed by atoms with Gasteiger partial charge in [0.25, 0.3) is 0 Å². The number of carbonyl (C=O) groups excluding carboxylic acids is 2. The number of ether oxygens (including phenoxy) is 1. The third kappa shape index (κ3) is 4.13. The van der Waals surface area contributed by atoms with Crippen LogP contribution in [0.3, 0.4) is 0 Å². The first-order valence-corrected chi connectivity index (χ1v) is 7.87. The van der Waals surface area contributed by atoms with Gasteiger partial charge in [0.2, 0.25) is 0 Å². The van der Waals surface area contributed by atoms with E-state index in [1.807, 2.05) is 13.0 Å². The van der Waals surface area contributed by atoms with Crippen molar-refractivity contribution in [3.63, 3.8) is 0 Å². The fraction of sp³-hybridized carbons (Fsp3) is 0.500. The lowest BCUT2D eigenvalue weighted by Gasteiger charge is -2.31. The number of rotatable bonds is 3. The van der Waals surface area contributed by atoms with Crippen molar-refractivity contribution >= 4 is 29.3 Å². The van der Waals surface area contributed by atoms with E-state index in [1.54, 1.807) is 24.0 Å². The van der Waals surface area contributed by atoms with E-state index in [1.165, 1.54) is 0 Å². The largest absolute Gasteiger partial charge is 0.466 e. The summed E-state index contributed by atoms with van der Waals surface area (Å²) in [7, 11) is 0. The molecule has 1 aliphatic rings. The Morgan fingerprint density at radius 2 is 2.23 bits per heavy atom. The van der Waals surface area contributed by atoms with Crippen LogP contribution in [0, 0.1) is 12.8 Å². The first-order valence-electron chi connectivity index (χ1n) is 7.50. The third-order valence-corrected chi connectivity index (χ3v) is 4.00. The maximum Gasteiger partial charge on any atom is 0.321 e. The maximum absolute atomic E-state index is 12.4. The van der Waals surface area contributed by atoms with Gasteiger partial charge in [-0.2, -0.15) is 0 Å². The highest BCUT2D eigenvalue weighted by atomic mass is 35.5. The van der Waals surface area contributed by atoms with Crippen LogP contribution in [0.5, 0.6) is 0 Å². The van der Waals surface area contributed by atoms with Crippen LogP contribution in [0.25, 0.3) is 0 Å². The predicted octanol–water partition coefficient (Wildman–Crippen LogP) is 3.46. The second-order valence-electron chi connectivity index (χ2n) is 5.43. The Morgan fingerprint density at radius 1 is 1.45 bits per heavy atom. The molecule has 0 radical (unpaired) electrons. The summed E-state index contributed by atoms with van der Waals surface area (Å²) in [4.78, 5) is 25.9. The number of carbonyl (C=O) groups is 2. The number of halogens is 1. The Kier molecular flexibility index (Phi) is 5.66. The molecule has 0 spiro atoms. The zero-order chi connectivity index (χ0) is 16.1. The molecule has 0 bridgehead atoms. The molecule has 6 heteroatoms. The summed E-state index contributed by atoms with van der Waals surface area (Å²) in [5.41, 5.74) is 1.63. The molecular weight excluding hydrogens is 304 g/mol. The number of amides is 2. The average molecular weight is 325 g/mol. The lowest BCUT2D eigenvalue weighted by molar-refractivity contribution is -0.149. The van der Waals surface area contributed by atoms with E-state index in [2.05, 4.69) is 5.32 Å². The lowest BCUT2D eigenvalue weighted by Crippen LogP contribution is -2.44. The number of esters is 1. The number of aryl methyl sites for hydroxylation is 1. The standard InChI is InChI=1S/C16H21ClN2O3/c1-3-22-15(20)12-5-4-8-19(10-12)16(21)18-14-9-13(17)7-6-11(14)2/h6-7,9,12H,3-5,8,10H2,1-2H3,(H,18,21). The van der Waals surface area contributed by atoms with E-state index in [0.717, 1.165) is 18.4 Å². The Bertz CT molecular complexity index is 562. The van der Waals surface area contributed by atoms with Crippen molar-refractivity contribution in [2.24, 2.45) is 5.92 Å². The van der Waals surface area contributed by atoms with Crippen LogP contribution in [0.15, 0.2) is 18.2 Å². The fourth-order valence-corrected chi connectivity index (χ4v) is 2.71. The van der Waals surface area contributed by atoms with E-state index in [9.17, 15) is 9.59 Å². The first kappa shape index (κ1) is 16.6. The maximum atomic E-state index is 12.4. The van der Waals surface area contributed by atoms with E-state index in [0.29, 0.717) is 30.4 Å². The molecule has 2 amide bonds. The van der Waals surface area contributed by atoms with Gasteiger partial charge in [0.15, 0.2) is 0 Å². The topological polar surface area (TPSA) is 58.6 Å². The number of hydrogen-bond donors (Lipinski definition) is 1. The highest BCUT2D eigenvalue weighted by molar-refractivity contribution is 6.31. The Labute approximate surface area is 135 Å². The molecule has 1 heterocycles. The molecule has 2 rings (SSSR count). The van der Waals surface area contributed by atoms with Gasteiger partial charge < -0.3 is 15.0 Å². The summed E-state index contributed by atoms with van der Waals surface area (Å²) in [6.45, 7) is 5.09. The van der Waals surface area contributed by atoms with Gasteiger partial charge in [-0.3, -0.25) is 4.79 Å². The zero-order valence-corrected chi connectivity index (χ0v) is 13.7. The van der Waals surface area contributed by atoms with Gasteiger partial charge in [0.1, 0.15) is 0 Å². The molecule has 1 aliphatic heterocycles. The van der Waals surface area contributed by atoms with Crippen molar-refractivity contribution in [2.75, 3.05) is 25.0 Å². The number of likely N-dealkylation sites (tertiary alicyclic amines) is 1. The van der Waals surface area contributed by atoms with Gasteiger partial charge in [-0.1, -0.05) is 17.7 Å². The second kappa shape index (κ2) is 7.49. The van der Waals surface area contributed by atoms with Crippen LogP contribution in [-0.4, -0.2) is 36.6 Å². The van der Waals surface area contributed by atoms with Crippen LogP contribution >= 0.6 is 11.6 Å². The molecule has 0 aromatic heterocycles. The van der Waals surface area contributed by atoms with Gasteiger partial charge in [-0.15, -0.1) is 0 Å². The minimum Gasteiger partial charge on any atom is -0.466 e. The highest BCUT2D eigenvalue weighted by Crippen LogP contribution is 2.22. The second-order valence-corrected chi connectivity index (χ2v) is 5.86. The van der Waals surface area contributed by atoms with Gasteiger partial charge >= 0.3 is 12.0 Å². The number of anilines is 1. The average Bonchev–Trinajstić information content (AvgIpc) is 2.51. The van der Waals surface area contributed by atoms with Crippen molar-refractivity contribution in [1.82, 2.24) is 4.90 Å². The zero-order valence-electron chi connectivity index (χ0n) is 12.9. The van der Waals surface area contributed by atoms with Crippen molar-refractivity contribution in [1.29, 1.82) is 0 Å². The van der Waals surface area contributed by atoms with E-state index in [-0.39, 0.29) is 17.9 Å². The molecule has 1 aromatic rings. The molecule has 1 atom stereocenters. The smallest absolute Gasteiger partial charge is 0.321 e. The van der Waals surface area contributed by atoms with Crippen molar-refractivity contribution < 1.29 is 14.3 Å². The Balaban J connectivity index is 2.00. The third-order valence-electron chi connectivity index (χ3n) is 3.77. The normalized spacial score (nSPS) is 18.0. The van der Waals surface area contributed by atoms with E-state index >= 15 is 0 Å². The molecule has 1 saturated heterocycles. The molecular formula is C16H21ClN2O3. The van der Waals surface area contributed by atoms with Gasteiger partial charge in [0, 0.05) is 23.8 Å². The van der Waals surface area contributed by atoms with Gasteiger partial charge in [-0.05, 0) is 44.4 Å². The summed E-state index contributed by atoms with van der Waals surface area (Å²) < 4.78 is 5.05. The molecule has 0 aliphatic carbocycles. The molecule has 22 heavy (non-hydrogen) atoms. The van der Waals surface area contributed by atoms with E-state index in [4.69, 9.17) is 16.3 Å². The van der Waals surface area contributed by atoms with Crippen molar-refractivity contribution in [3.8, 4) is 0 Å². The van der Waals surface area contributed by atoms with Crippen LogP contribution in [0.2, 0.25) is 5.02 Å². The summed E-state index contributed by atoms with van der Waals surface area (Å²) in [5, 5.41) is 3.44. The molecule has 1 unspecified atom stereocenters. The molecule has 1 aromatic carbocycles. The molecule has 1 fully saturated rings. The van der Waals surface area contributed by atoms with Crippen LogP contribution in [0.4, 0.5) is 10.5 Å². The highest BCUT2D eigenvalue weighted by Gasteiger charge is 2.29. The molecule has 1 N–H and O–H groups in total. The minimum atomic E-state index is -0.236. The first-order chi connectivity index (χ1) is 10.5. The molecule has 5 nitrogen and oxygen atoms in total. The van der Waals surface area contributed by atoms with E-state index < -0.39 is 0 Å². The Hall–Kier alpha value is -1.75. The molecule has 0 saturated carbocycles. The molecule has 120 valence electrons. The van der Waals surface area contributed by atoms with Crippen LogP contribution in [-0.2, 0) is 9.53 Å². The monoisotopic (exact) mass is 324 g/mol. The summed E-state index contributed by atoms with van der Waals surface area (Å²) in [6, 6.07) is 5.15. The number of urea groups is 1. The fourth-order valence-electron chi connectivity index (χ4n) is 2.54. The summed E-state index contributed by atoms with van der Waals surface area (Å²) >= 11 is 5.96. The van der Waals surface area contributed by atoms with Crippen LogP contribution in [0.1, 0.15) is 25.3 Å². The quantitative estimate of drug-likeness (QED) is 0.866. The lowest BCUT2D eigenvalue weighted by atomic mass is 9.98. The number of benzene rings is 1. The number of nitrogens with zero attached hydrogens (tertiary/aromatic N) is 1.